The number of rotatable bonds is 3. The average Bonchev–Trinajstić information content (AvgIpc) is 2.37. The molecule has 0 aliphatic carbocycles. The SMILES string of the molecule is CN(C)C(CN)c1cnn(C)n1. The van der Waals surface area contributed by atoms with Crippen molar-refractivity contribution in [2.75, 3.05) is 20.6 Å². The zero-order chi connectivity index (χ0) is 9.14. The van der Waals surface area contributed by atoms with E-state index in [1.165, 1.54) is 0 Å². The summed E-state index contributed by atoms with van der Waals surface area (Å²) in [5, 5.41) is 8.18. The molecular formula is C7H15N5. The van der Waals surface area contributed by atoms with Crippen molar-refractivity contribution in [3.8, 4) is 0 Å². The fraction of sp³-hybridized carbons (Fsp3) is 0.714. The second-order valence-corrected chi connectivity index (χ2v) is 2.97. The maximum Gasteiger partial charge on any atom is 0.101 e. The highest BCUT2D eigenvalue weighted by Crippen LogP contribution is 2.11. The lowest BCUT2D eigenvalue weighted by Crippen LogP contribution is -2.27. The first-order valence-electron chi connectivity index (χ1n) is 3.88. The maximum atomic E-state index is 5.60. The monoisotopic (exact) mass is 169 g/mol. The van der Waals surface area contributed by atoms with E-state index in [-0.39, 0.29) is 6.04 Å². The Hall–Kier alpha value is -0.940. The van der Waals surface area contributed by atoms with E-state index >= 15 is 0 Å². The van der Waals surface area contributed by atoms with Crippen molar-refractivity contribution >= 4 is 0 Å². The Labute approximate surface area is 72.2 Å². The summed E-state index contributed by atoms with van der Waals surface area (Å²) in [4.78, 5) is 3.57. The first-order valence-corrected chi connectivity index (χ1v) is 3.88. The maximum absolute atomic E-state index is 5.60. The van der Waals surface area contributed by atoms with Gasteiger partial charge in [0, 0.05) is 13.6 Å². The summed E-state index contributed by atoms with van der Waals surface area (Å²) in [7, 11) is 5.76. The Morgan fingerprint density at radius 2 is 2.33 bits per heavy atom. The summed E-state index contributed by atoms with van der Waals surface area (Å²) < 4.78 is 0. The van der Waals surface area contributed by atoms with Crippen LogP contribution in [-0.4, -0.2) is 40.5 Å². The Morgan fingerprint density at radius 1 is 1.67 bits per heavy atom. The molecule has 5 nitrogen and oxygen atoms in total. The molecule has 0 aliphatic heterocycles. The van der Waals surface area contributed by atoms with Gasteiger partial charge in [0.2, 0.25) is 0 Å². The van der Waals surface area contributed by atoms with Crippen molar-refractivity contribution in [1.29, 1.82) is 0 Å². The van der Waals surface area contributed by atoms with Gasteiger partial charge in [0.25, 0.3) is 0 Å². The van der Waals surface area contributed by atoms with Gasteiger partial charge in [-0.2, -0.15) is 15.0 Å². The number of nitrogens with two attached hydrogens (primary N) is 1. The molecule has 0 saturated carbocycles. The van der Waals surface area contributed by atoms with Crippen LogP contribution in [0.15, 0.2) is 6.20 Å². The van der Waals surface area contributed by atoms with Crippen LogP contribution < -0.4 is 5.73 Å². The van der Waals surface area contributed by atoms with Crippen molar-refractivity contribution in [2.45, 2.75) is 6.04 Å². The molecule has 0 spiro atoms. The lowest BCUT2D eigenvalue weighted by molar-refractivity contribution is 0.298. The van der Waals surface area contributed by atoms with Crippen LogP contribution in [0.4, 0.5) is 0 Å². The van der Waals surface area contributed by atoms with Gasteiger partial charge in [-0.15, -0.1) is 0 Å². The molecule has 2 N–H and O–H groups in total. The first kappa shape index (κ1) is 9.15. The van der Waals surface area contributed by atoms with Gasteiger partial charge in [-0.05, 0) is 14.1 Å². The molecule has 12 heavy (non-hydrogen) atoms. The van der Waals surface area contributed by atoms with Crippen LogP contribution >= 0.6 is 0 Å². The first-order chi connectivity index (χ1) is 5.65. The zero-order valence-corrected chi connectivity index (χ0v) is 7.73. The van der Waals surface area contributed by atoms with Crippen LogP contribution in [0, 0.1) is 0 Å². The minimum Gasteiger partial charge on any atom is -0.329 e. The summed E-state index contributed by atoms with van der Waals surface area (Å²) in [6.07, 6.45) is 1.75. The number of hydrogen-bond donors (Lipinski definition) is 1. The molecule has 0 radical (unpaired) electrons. The van der Waals surface area contributed by atoms with Gasteiger partial charge in [0.1, 0.15) is 5.69 Å². The fourth-order valence-corrected chi connectivity index (χ4v) is 1.11. The van der Waals surface area contributed by atoms with E-state index in [1.807, 2.05) is 19.0 Å². The van der Waals surface area contributed by atoms with Gasteiger partial charge in [0.05, 0.1) is 12.2 Å². The highest BCUT2D eigenvalue weighted by Gasteiger charge is 2.14. The molecule has 0 aliphatic rings. The van der Waals surface area contributed by atoms with E-state index in [2.05, 4.69) is 10.2 Å². The quantitative estimate of drug-likeness (QED) is 0.655. The molecule has 0 aromatic carbocycles. The highest BCUT2D eigenvalue weighted by atomic mass is 15.5. The smallest absolute Gasteiger partial charge is 0.101 e. The third-order valence-electron chi connectivity index (χ3n) is 1.81. The number of aryl methyl sites for hydroxylation is 1. The van der Waals surface area contributed by atoms with Crippen LogP contribution in [0.3, 0.4) is 0 Å². The molecule has 68 valence electrons. The lowest BCUT2D eigenvalue weighted by Gasteiger charge is -2.19. The van der Waals surface area contributed by atoms with Crippen LogP contribution in [0.2, 0.25) is 0 Å². The van der Waals surface area contributed by atoms with E-state index in [4.69, 9.17) is 5.73 Å². The third-order valence-corrected chi connectivity index (χ3v) is 1.81. The normalized spacial score (nSPS) is 13.8. The molecule has 0 bridgehead atoms. The molecule has 1 rings (SSSR count). The highest BCUT2D eigenvalue weighted by molar-refractivity contribution is 5.00. The van der Waals surface area contributed by atoms with Crippen molar-refractivity contribution in [1.82, 2.24) is 19.9 Å². The molecule has 1 atom stereocenters. The minimum atomic E-state index is 0.165. The van der Waals surface area contributed by atoms with E-state index in [1.54, 1.807) is 18.0 Å². The minimum absolute atomic E-state index is 0.165. The largest absolute Gasteiger partial charge is 0.329 e. The van der Waals surface area contributed by atoms with Gasteiger partial charge in [-0.3, -0.25) is 4.90 Å². The molecule has 1 aromatic heterocycles. The summed E-state index contributed by atoms with van der Waals surface area (Å²) >= 11 is 0. The van der Waals surface area contributed by atoms with Crippen molar-refractivity contribution in [2.24, 2.45) is 12.8 Å². The Kier molecular flexibility index (Phi) is 2.78. The molecule has 0 amide bonds. The van der Waals surface area contributed by atoms with Gasteiger partial charge < -0.3 is 5.73 Å². The van der Waals surface area contributed by atoms with Gasteiger partial charge in [-0.1, -0.05) is 0 Å². The Bertz CT molecular complexity index is 242. The predicted octanol–water partition coefficient (Wildman–Crippen LogP) is -0.623. The number of likely N-dealkylation sites (N-methyl/N-ethyl adjacent to an activating group) is 1. The zero-order valence-electron chi connectivity index (χ0n) is 7.73. The van der Waals surface area contributed by atoms with E-state index in [9.17, 15) is 0 Å². The van der Waals surface area contributed by atoms with Crippen LogP contribution in [0.5, 0.6) is 0 Å². The van der Waals surface area contributed by atoms with Crippen molar-refractivity contribution < 1.29 is 0 Å². The standard InChI is InChI=1S/C7H15N5/c1-11(2)7(4-8)6-5-9-12(3)10-6/h5,7H,4,8H2,1-3H3. The third kappa shape index (κ3) is 1.80. The van der Waals surface area contributed by atoms with E-state index < -0.39 is 0 Å². The molecule has 1 unspecified atom stereocenters. The molecule has 1 aromatic rings. The molecule has 1 heterocycles. The Morgan fingerprint density at radius 3 is 2.67 bits per heavy atom. The predicted molar refractivity (Wildman–Crippen MR) is 46.5 cm³/mol. The molecule has 0 saturated heterocycles. The second kappa shape index (κ2) is 3.64. The summed E-state index contributed by atoms with van der Waals surface area (Å²) in [5.41, 5.74) is 6.52. The fourth-order valence-electron chi connectivity index (χ4n) is 1.11. The average molecular weight is 169 g/mol. The van der Waals surface area contributed by atoms with E-state index in [0.717, 1.165) is 5.69 Å². The number of hydrogen-bond acceptors (Lipinski definition) is 4. The summed E-state index contributed by atoms with van der Waals surface area (Å²) in [5.74, 6) is 0. The van der Waals surface area contributed by atoms with Crippen LogP contribution in [0.1, 0.15) is 11.7 Å². The van der Waals surface area contributed by atoms with Crippen molar-refractivity contribution in [3.63, 3.8) is 0 Å². The van der Waals surface area contributed by atoms with Gasteiger partial charge >= 0.3 is 0 Å². The Balaban J connectivity index is 2.80. The van der Waals surface area contributed by atoms with Crippen LogP contribution in [-0.2, 0) is 7.05 Å². The molecular weight excluding hydrogens is 154 g/mol. The summed E-state index contributed by atoms with van der Waals surface area (Å²) in [6, 6.07) is 0.165. The second-order valence-electron chi connectivity index (χ2n) is 2.97. The lowest BCUT2D eigenvalue weighted by atomic mass is 10.2. The van der Waals surface area contributed by atoms with Gasteiger partial charge in [0.15, 0.2) is 0 Å². The molecule has 5 heteroatoms. The topological polar surface area (TPSA) is 60.0 Å². The summed E-state index contributed by atoms with van der Waals surface area (Å²) in [6.45, 7) is 0.561. The number of aromatic nitrogens is 3. The number of nitrogens with zero attached hydrogens (tertiary/aromatic N) is 4. The van der Waals surface area contributed by atoms with E-state index in [0.29, 0.717) is 6.54 Å². The van der Waals surface area contributed by atoms with Crippen LogP contribution in [0.25, 0.3) is 0 Å². The van der Waals surface area contributed by atoms with Gasteiger partial charge in [-0.25, -0.2) is 0 Å². The molecule has 0 fully saturated rings. The van der Waals surface area contributed by atoms with Crippen molar-refractivity contribution in [3.05, 3.63) is 11.9 Å².